The summed E-state index contributed by atoms with van der Waals surface area (Å²) < 4.78 is 5.49. The Morgan fingerprint density at radius 2 is 1.95 bits per heavy atom. The fourth-order valence-corrected chi connectivity index (χ4v) is 5.17. The quantitative estimate of drug-likeness (QED) is 0.860. The van der Waals surface area contributed by atoms with E-state index in [4.69, 9.17) is 4.74 Å². The lowest BCUT2D eigenvalue weighted by Crippen LogP contribution is -2.30. The monoisotopic (exact) mass is 291 g/mol. The molecule has 1 aromatic rings. The van der Waals surface area contributed by atoms with E-state index in [9.17, 15) is 0 Å². The molecule has 2 nitrogen and oxygen atoms in total. The van der Waals surface area contributed by atoms with Gasteiger partial charge in [-0.15, -0.1) is 0 Å². The van der Waals surface area contributed by atoms with Crippen molar-refractivity contribution in [2.45, 2.75) is 48.6 Å². The first-order chi connectivity index (χ1) is 9.88. The molecule has 0 spiro atoms. The van der Waals surface area contributed by atoms with Gasteiger partial charge in [-0.1, -0.05) is 24.3 Å². The molecule has 1 heterocycles. The van der Waals surface area contributed by atoms with Gasteiger partial charge in [0.25, 0.3) is 0 Å². The number of ether oxygens (including phenoxy) is 1. The first kappa shape index (κ1) is 14.4. The summed E-state index contributed by atoms with van der Waals surface area (Å²) >= 11 is 2.21. The van der Waals surface area contributed by atoms with Gasteiger partial charge in [0.2, 0.25) is 0 Å². The summed E-state index contributed by atoms with van der Waals surface area (Å²) in [7, 11) is 2.12. The fourth-order valence-electron chi connectivity index (χ4n) is 3.47. The third-order valence-corrected chi connectivity index (χ3v) is 6.26. The summed E-state index contributed by atoms with van der Waals surface area (Å²) in [5.41, 5.74) is 3.07. The summed E-state index contributed by atoms with van der Waals surface area (Å²) in [5.74, 6) is 0. The highest BCUT2D eigenvalue weighted by Crippen LogP contribution is 2.39. The van der Waals surface area contributed by atoms with Gasteiger partial charge >= 0.3 is 0 Å². The van der Waals surface area contributed by atoms with Crippen LogP contribution in [-0.4, -0.2) is 30.8 Å². The fraction of sp³-hybridized carbons (Fsp3) is 0.647. The highest BCUT2D eigenvalue weighted by atomic mass is 32.2. The Balaban J connectivity index is 1.76. The molecule has 1 aromatic carbocycles. The number of thioether (sulfide) groups is 1. The molecule has 1 N–H and O–H groups in total. The van der Waals surface area contributed by atoms with Crippen LogP contribution < -0.4 is 5.32 Å². The zero-order valence-corrected chi connectivity index (χ0v) is 13.1. The highest BCUT2D eigenvalue weighted by Gasteiger charge is 2.29. The van der Waals surface area contributed by atoms with Gasteiger partial charge < -0.3 is 10.1 Å². The van der Waals surface area contributed by atoms with Crippen molar-refractivity contribution in [1.82, 2.24) is 5.32 Å². The lowest BCUT2D eigenvalue weighted by Gasteiger charge is -2.31. The normalized spacial score (nSPS) is 27.9. The molecule has 0 bridgehead atoms. The van der Waals surface area contributed by atoms with Crippen LogP contribution in [0.5, 0.6) is 0 Å². The molecule has 2 aliphatic rings. The molecule has 0 saturated carbocycles. The van der Waals surface area contributed by atoms with E-state index in [1.165, 1.54) is 37.7 Å². The lowest BCUT2D eigenvalue weighted by molar-refractivity contribution is 0.0999. The second-order valence-electron chi connectivity index (χ2n) is 5.84. The molecular formula is C17H25NOS. The minimum atomic E-state index is 0.501. The van der Waals surface area contributed by atoms with Gasteiger partial charge in [-0.3, -0.25) is 0 Å². The minimum Gasteiger partial charge on any atom is -0.381 e. The van der Waals surface area contributed by atoms with Gasteiger partial charge in [0, 0.05) is 29.8 Å². The summed E-state index contributed by atoms with van der Waals surface area (Å²) in [6.07, 6.45) is 6.32. The second kappa shape index (κ2) is 6.97. The summed E-state index contributed by atoms with van der Waals surface area (Å²) in [4.78, 5) is 0. The zero-order chi connectivity index (χ0) is 13.8. The maximum absolute atomic E-state index is 5.49. The average molecular weight is 291 g/mol. The predicted molar refractivity (Wildman–Crippen MR) is 86.4 cm³/mol. The van der Waals surface area contributed by atoms with Gasteiger partial charge in [0.15, 0.2) is 0 Å². The molecule has 1 aliphatic carbocycles. The molecule has 2 atom stereocenters. The van der Waals surface area contributed by atoms with Gasteiger partial charge in [-0.25, -0.2) is 0 Å². The van der Waals surface area contributed by atoms with Gasteiger partial charge in [0.1, 0.15) is 0 Å². The Kier molecular flexibility index (Phi) is 5.03. The second-order valence-corrected chi connectivity index (χ2v) is 7.39. The molecule has 110 valence electrons. The SMILES string of the molecule is CNC1c2ccccc2CCCC1SC1CCOCC1. The summed E-state index contributed by atoms with van der Waals surface area (Å²) in [6, 6.07) is 9.49. The molecule has 1 saturated heterocycles. The molecule has 0 radical (unpaired) electrons. The van der Waals surface area contributed by atoms with Crippen LogP contribution >= 0.6 is 11.8 Å². The number of fused-ring (bicyclic) bond motifs is 1. The summed E-state index contributed by atoms with van der Waals surface area (Å²) in [6.45, 7) is 1.90. The van der Waals surface area contributed by atoms with Crippen molar-refractivity contribution in [3.05, 3.63) is 35.4 Å². The van der Waals surface area contributed by atoms with Gasteiger partial charge in [-0.2, -0.15) is 11.8 Å². The predicted octanol–water partition coefficient (Wildman–Crippen LogP) is 3.56. The van der Waals surface area contributed by atoms with E-state index < -0.39 is 0 Å². The molecule has 0 amide bonds. The molecule has 1 aliphatic heterocycles. The van der Waals surface area contributed by atoms with Crippen molar-refractivity contribution in [3.8, 4) is 0 Å². The third kappa shape index (κ3) is 3.21. The smallest absolute Gasteiger partial charge is 0.0476 e. The van der Waals surface area contributed by atoms with Crippen LogP contribution in [0.1, 0.15) is 42.9 Å². The Bertz CT molecular complexity index is 431. The van der Waals surface area contributed by atoms with Crippen LogP contribution in [0.2, 0.25) is 0 Å². The molecule has 1 fully saturated rings. The van der Waals surface area contributed by atoms with Crippen molar-refractivity contribution in [2.75, 3.05) is 20.3 Å². The number of hydrogen-bond acceptors (Lipinski definition) is 3. The average Bonchev–Trinajstić information content (AvgIpc) is 2.67. The Morgan fingerprint density at radius 3 is 2.75 bits per heavy atom. The molecule has 2 unspecified atom stereocenters. The lowest BCUT2D eigenvalue weighted by atomic mass is 9.99. The van der Waals surface area contributed by atoms with Crippen LogP contribution in [0.4, 0.5) is 0 Å². The number of hydrogen-bond donors (Lipinski definition) is 1. The number of aryl methyl sites for hydroxylation is 1. The van der Waals surface area contributed by atoms with Crippen molar-refractivity contribution in [1.29, 1.82) is 0 Å². The standard InChI is InChI=1S/C17H25NOS/c1-18-17-15-7-3-2-5-13(15)6-4-8-16(17)20-14-9-11-19-12-10-14/h2-3,5,7,14,16-18H,4,6,8-12H2,1H3. The Morgan fingerprint density at radius 1 is 1.15 bits per heavy atom. The van der Waals surface area contributed by atoms with E-state index in [1.54, 1.807) is 5.56 Å². The molecular weight excluding hydrogens is 266 g/mol. The van der Waals surface area contributed by atoms with E-state index in [0.717, 1.165) is 18.5 Å². The highest BCUT2D eigenvalue weighted by molar-refractivity contribution is 8.00. The molecule has 3 heteroatoms. The topological polar surface area (TPSA) is 21.3 Å². The van der Waals surface area contributed by atoms with E-state index in [0.29, 0.717) is 11.3 Å². The van der Waals surface area contributed by atoms with Crippen molar-refractivity contribution in [3.63, 3.8) is 0 Å². The van der Waals surface area contributed by atoms with E-state index in [1.807, 2.05) is 0 Å². The number of benzene rings is 1. The Labute approximate surface area is 126 Å². The first-order valence-electron chi connectivity index (χ1n) is 7.87. The van der Waals surface area contributed by atoms with Gasteiger partial charge in [0.05, 0.1) is 0 Å². The maximum Gasteiger partial charge on any atom is 0.0476 e. The van der Waals surface area contributed by atoms with Crippen LogP contribution in [0.25, 0.3) is 0 Å². The summed E-state index contributed by atoms with van der Waals surface area (Å²) in [5, 5.41) is 5.08. The molecule has 3 rings (SSSR count). The zero-order valence-electron chi connectivity index (χ0n) is 12.3. The van der Waals surface area contributed by atoms with Crippen LogP contribution in [0.3, 0.4) is 0 Å². The maximum atomic E-state index is 5.49. The van der Waals surface area contributed by atoms with Crippen LogP contribution in [0, 0.1) is 0 Å². The number of nitrogens with one attached hydrogen (secondary N) is 1. The van der Waals surface area contributed by atoms with Crippen molar-refractivity contribution in [2.24, 2.45) is 0 Å². The van der Waals surface area contributed by atoms with Crippen LogP contribution in [-0.2, 0) is 11.2 Å². The van der Waals surface area contributed by atoms with Crippen molar-refractivity contribution >= 4 is 11.8 Å². The van der Waals surface area contributed by atoms with Crippen LogP contribution in [0.15, 0.2) is 24.3 Å². The Hall–Kier alpha value is -0.510. The molecule has 20 heavy (non-hydrogen) atoms. The molecule has 0 aromatic heterocycles. The van der Waals surface area contributed by atoms with Crippen molar-refractivity contribution < 1.29 is 4.74 Å². The van der Waals surface area contributed by atoms with E-state index in [2.05, 4.69) is 48.4 Å². The van der Waals surface area contributed by atoms with E-state index in [-0.39, 0.29) is 0 Å². The largest absolute Gasteiger partial charge is 0.381 e. The first-order valence-corrected chi connectivity index (χ1v) is 8.81. The van der Waals surface area contributed by atoms with Gasteiger partial charge in [-0.05, 0) is 50.3 Å². The van der Waals surface area contributed by atoms with E-state index >= 15 is 0 Å². The number of rotatable bonds is 3. The third-order valence-electron chi connectivity index (χ3n) is 4.54. The minimum absolute atomic E-state index is 0.501.